The van der Waals surface area contributed by atoms with Crippen LogP contribution < -0.4 is 10.6 Å². The molecule has 0 radical (unpaired) electrons. The van der Waals surface area contributed by atoms with Crippen LogP contribution in [-0.2, 0) is 13.0 Å². The molecule has 1 aromatic carbocycles. The molecule has 5 nitrogen and oxygen atoms in total. The summed E-state index contributed by atoms with van der Waals surface area (Å²) in [5, 5.41) is 10.3. The van der Waals surface area contributed by atoms with Crippen LogP contribution >= 0.6 is 11.3 Å². The van der Waals surface area contributed by atoms with Gasteiger partial charge in [0.2, 0.25) is 0 Å². The Morgan fingerprint density at radius 3 is 2.77 bits per heavy atom. The second-order valence-electron chi connectivity index (χ2n) is 8.13. The third kappa shape index (κ3) is 6.25. The molecular weight excluding hydrogens is 397 g/mol. The van der Waals surface area contributed by atoms with Crippen LogP contribution in [0.3, 0.4) is 0 Å². The largest absolute Gasteiger partial charge is 0.356 e. The number of piperidine rings is 1. The highest BCUT2D eigenvalue weighted by molar-refractivity contribution is 7.09. The van der Waals surface area contributed by atoms with Crippen molar-refractivity contribution in [2.24, 2.45) is 10.9 Å². The van der Waals surface area contributed by atoms with Crippen molar-refractivity contribution >= 4 is 17.3 Å². The maximum Gasteiger partial charge on any atom is 0.191 e. The Kier molecular flexibility index (Phi) is 8.22. The molecule has 1 unspecified atom stereocenters. The lowest BCUT2D eigenvalue weighted by Crippen LogP contribution is -2.43. The predicted octanol–water partition coefficient (Wildman–Crippen LogP) is 4.29. The van der Waals surface area contributed by atoms with Crippen LogP contribution in [0.1, 0.15) is 54.6 Å². The minimum atomic E-state index is -0.167. The van der Waals surface area contributed by atoms with Crippen LogP contribution in [0.2, 0.25) is 0 Å². The van der Waals surface area contributed by atoms with Crippen molar-refractivity contribution < 1.29 is 4.39 Å². The minimum Gasteiger partial charge on any atom is -0.356 e. The number of halogens is 1. The number of rotatable bonds is 7. The van der Waals surface area contributed by atoms with Crippen molar-refractivity contribution in [2.45, 2.75) is 52.6 Å². The highest BCUT2D eigenvalue weighted by Gasteiger charge is 2.20. The molecule has 0 aliphatic carbocycles. The molecule has 1 aliphatic heterocycles. The van der Waals surface area contributed by atoms with E-state index in [9.17, 15) is 4.39 Å². The Hall–Kier alpha value is -1.99. The summed E-state index contributed by atoms with van der Waals surface area (Å²) in [6.07, 6.45) is 3.37. The first-order valence-corrected chi connectivity index (χ1v) is 11.7. The molecule has 2 N–H and O–H groups in total. The first kappa shape index (κ1) is 22.7. The molecule has 0 bridgehead atoms. The molecule has 0 spiro atoms. The van der Waals surface area contributed by atoms with Gasteiger partial charge in [0.15, 0.2) is 5.96 Å². The van der Waals surface area contributed by atoms with Gasteiger partial charge in [0.1, 0.15) is 5.82 Å². The molecule has 2 aromatic rings. The molecule has 1 fully saturated rings. The quantitative estimate of drug-likeness (QED) is 0.507. The van der Waals surface area contributed by atoms with Gasteiger partial charge in [0, 0.05) is 25.5 Å². The van der Waals surface area contributed by atoms with Gasteiger partial charge in [-0.1, -0.05) is 19.1 Å². The first-order valence-electron chi connectivity index (χ1n) is 10.9. The smallest absolute Gasteiger partial charge is 0.191 e. The summed E-state index contributed by atoms with van der Waals surface area (Å²) < 4.78 is 13.9. The molecule has 0 saturated carbocycles. The van der Waals surface area contributed by atoms with Gasteiger partial charge in [-0.2, -0.15) is 0 Å². The van der Waals surface area contributed by atoms with Crippen molar-refractivity contribution in [2.75, 3.05) is 26.7 Å². The molecule has 0 amide bonds. The monoisotopic (exact) mass is 431 g/mol. The molecule has 30 heavy (non-hydrogen) atoms. The minimum absolute atomic E-state index is 0.0146. The van der Waals surface area contributed by atoms with Crippen LogP contribution in [0.5, 0.6) is 0 Å². The van der Waals surface area contributed by atoms with E-state index in [1.807, 2.05) is 19.1 Å². The molecule has 1 atom stereocenters. The number of hydrogen-bond acceptors (Lipinski definition) is 4. The summed E-state index contributed by atoms with van der Waals surface area (Å²) in [6, 6.07) is 5.37. The number of benzene rings is 1. The number of thiazole rings is 1. The molecule has 2 heterocycles. The highest BCUT2D eigenvalue weighted by Crippen LogP contribution is 2.20. The zero-order valence-electron chi connectivity index (χ0n) is 18.5. The van der Waals surface area contributed by atoms with E-state index in [0.29, 0.717) is 11.5 Å². The van der Waals surface area contributed by atoms with Gasteiger partial charge in [-0.15, -0.1) is 11.3 Å². The van der Waals surface area contributed by atoms with Gasteiger partial charge in [-0.3, -0.25) is 9.89 Å². The summed E-state index contributed by atoms with van der Waals surface area (Å²) in [6.45, 7) is 10.0. The molecule has 1 aromatic heterocycles. The third-order valence-electron chi connectivity index (χ3n) is 5.83. The summed E-state index contributed by atoms with van der Waals surface area (Å²) in [5.41, 5.74) is 2.79. The van der Waals surface area contributed by atoms with E-state index >= 15 is 0 Å². The SMILES string of the molecule is CCc1nc(CN2CCC(CNC(=NC)NC(C)c3ccc(C)c(F)c3)CC2)cs1. The van der Waals surface area contributed by atoms with E-state index < -0.39 is 0 Å². The number of likely N-dealkylation sites (tertiary alicyclic amines) is 1. The van der Waals surface area contributed by atoms with Gasteiger partial charge in [-0.05, 0) is 69.3 Å². The number of aliphatic imine (C=N–C) groups is 1. The fourth-order valence-corrected chi connectivity index (χ4v) is 4.50. The van der Waals surface area contributed by atoms with Crippen LogP contribution in [0.25, 0.3) is 0 Å². The Morgan fingerprint density at radius 2 is 2.13 bits per heavy atom. The Morgan fingerprint density at radius 1 is 1.37 bits per heavy atom. The maximum absolute atomic E-state index is 13.9. The topological polar surface area (TPSA) is 52.6 Å². The average Bonchev–Trinajstić information content (AvgIpc) is 3.21. The standard InChI is InChI=1S/C23H34FN5S/c1-5-22-28-20(15-30-22)14-29-10-8-18(9-11-29)13-26-23(25-4)27-17(3)19-7-6-16(2)21(24)12-19/h6-7,12,15,17-18H,5,8-11,13-14H2,1-4H3,(H2,25,26,27). The summed E-state index contributed by atoms with van der Waals surface area (Å²) in [4.78, 5) is 11.5. The fourth-order valence-electron chi connectivity index (χ4n) is 3.76. The van der Waals surface area contributed by atoms with Gasteiger partial charge < -0.3 is 10.6 Å². The number of aromatic nitrogens is 1. The molecule has 1 aliphatic rings. The summed E-state index contributed by atoms with van der Waals surface area (Å²) in [5.74, 6) is 1.23. The normalized spacial score (nSPS) is 17.2. The zero-order valence-corrected chi connectivity index (χ0v) is 19.4. The lowest BCUT2D eigenvalue weighted by atomic mass is 9.97. The molecule has 3 rings (SSSR count). The number of nitrogens with zero attached hydrogens (tertiary/aromatic N) is 3. The number of nitrogens with one attached hydrogen (secondary N) is 2. The Bertz CT molecular complexity index is 842. The van der Waals surface area contributed by atoms with Crippen LogP contribution in [0.4, 0.5) is 4.39 Å². The third-order valence-corrected chi connectivity index (χ3v) is 6.87. The lowest BCUT2D eigenvalue weighted by molar-refractivity contribution is 0.176. The van der Waals surface area contributed by atoms with Gasteiger partial charge >= 0.3 is 0 Å². The van der Waals surface area contributed by atoms with E-state index in [1.54, 1.807) is 31.4 Å². The maximum atomic E-state index is 13.9. The van der Waals surface area contributed by atoms with Gasteiger partial charge in [0.05, 0.1) is 16.7 Å². The molecule has 164 valence electrons. The lowest BCUT2D eigenvalue weighted by Gasteiger charge is -2.32. The first-order chi connectivity index (χ1) is 14.5. The summed E-state index contributed by atoms with van der Waals surface area (Å²) >= 11 is 1.77. The molecule has 1 saturated heterocycles. The van der Waals surface area contributed by atoms with Crippen molar-refractivity contribution in [3.63, 3.8) is 0 Å². The van der Waals surface area contributed by atoms with Crippen molar-refractivity contribution in [3.8, 4) is 0 Å². The summed E-state index contributed by atoms with van der Waals surface area (Å²) in [7, 11) is 1.78. The van der Waals surface area contributed by atoms with Crippen LogP contribution in [0.15, 0.2) is 28.6 Å². The molecule has 7 heteroatoms. The van der Waals surface area contributed by atoms with Crippen LogP contribution in [0, 0.1) is 18.7 Å². The molecular formula is C23H34FN5S. The van der Waals surface area contributed by atoms with E-state index in [0.717, 1.165) is 44.1 Å². The zero-order chi connectivity index (χ0) is 21.5. The van der Waals surface area contributed by atoms with Crippen molar-refractivity contribution in [1.82, 2.24) is 20.5 Å². The number of guanidine groups is 1. The Balaban J connectivity index is 1.41. The van der Waals surface area contributed by atoms with Crippen molar-refractivity contribution in [3.05, 3.63) is 51.2 Å². The van der Waals surface area contributed by atoms with E-state index in [1.165, 1.54) is 23.5 Å². The number of aryl methyl sites for hydroxylation is 2. The second kappa shape index (κ2) is 10.9. The van der Waals surface area contributed by atoms with Crippen LogP contribution in [-0.4, -0.2) is 42.5 Å². The number of hydrogen-bond donors (Lipinski definition) is 2. The van der Waals surface area contributed by atoms with Gasteiger partial charge in [0.25, 0.3) is 0 Å². The Labute approximate surface area is 183 Å². The average molecular weight is 432 g/mol. The van der Waals surface area contributed by atoms with E-state index in [-0.39, 0.29) is 11.9 Å². The van der Waals surface area contributed by atoms with Crippen molar-refractivity contribution in [1.29, 1.82) is 0 Å². The second-order valence-corrected chi connectivity index (χ2v) is 9.08. The van der Waals surface area contributed by atoms with E-state index in [4.69, 9.17) is 4.98 Å². The fraction of sp³-hybridized carbons (Fsp3) is 0.565. The highest BCUT2D eigenvalue weighted by atomic mass is 32.1. The van der Waals surface area contributed by atoms with E-state index in [2.05, 4.69) is 32.8 Å². The predicted molar refractivity (Wildman–Crippen MR) is 124 cm³/mol. The van der Waals surface area contributed by atoms with Gasteiger partial charge in [-0.25, -0.2) is 9.37 Å².